The summed E-state index contributed by atoms with van der Waals surface area (Å²) in [6.45, 7) is 4.89. The van der Waals surface area contributed by atoms with E-state index >= 15 is 0 Å². The molecule has 1 aromatic carbocycles. The van der Waals surface area contributed by atoms with Crippen molar-refractivity contribution in [2.75, 3.05) is 25.5 Å². The molecule has 98 valence electrons. The summed E-state index contributed by atoms with van der Waals surface area (Å²) >= 11 is 5.96. The van der Waals surface area contributed by atoms with Crippen LogP contribution < -0.4 is 15.4 Å². The molecule has 0 bridgehead atoms. The number of hydrogen-bond donors (Lipinski definition) is 2. The Morgan fingerprint density at radius 1 is 1.56 bits per heavy atom. The molecule has 1 aromatic rings. The molecule has 18 heavy (non-hydrogen) atoms. The maximum absolute atomic E-state index is 11.6. The zero-order chi connectivity index (χ0) is 13.4. The number of benzene rings is 1. The predicted molar refractivity (Wildman–Crippen MR) is 74.3 cm³/mol. The zero-order valence-corrected chi connectivity index (χ0v) is 11.1. The van der Waals surface area contributed by atoms with E-state index in [0.717, 1.165) is 0 Å². The minimum Gasteiger partial charge on any atom is -0.495 e. The first-order valence-electron chi connectivity index (χ1n) is 5.62. The second kappa shape index (κ2) is 7.74. The van der Waals surface area contributed by atoms with Crippen LogP contribution in [0.3, 0.4) is 0 Å². The molecule has 0 aliphatic rings. The maximum atomic E-state index is 11.6. The second-order valence-corrected chi connectivity index (χ2v) is 4.05. The average Bonchev–Trinajstić information content (AvgIpc) is 2.35. The molecular weight excluding hydrogens is 252 g/mol. The standard InChI is InChI=1S/C13H17ClN2O2/c1-3-7-15-8-6-13(17)16-10-4-5-12(18-2)11(14)9-10/h3-5,9,15H,1,6-8H2,2H3,(H,16,17). The van der Waals surface area contributed by atoms with Crippen LogP contribution in [0.1, 0.15) is 6.42 Å². The lowest BCUT2D eigenvalue weighted by molar-refractivity contribution is -0.116. The highest BCUT2D eigenvalue weighted by Gasteiger charge is 2.05. The molecule has 0 saturated carbocycles. The lowest BCUT2D eigenvalue weighted by atomic mass is 10.3. The van der Waals surface area contributed by atoms with E-state index in [4.69, 9.17) is 16.3 Å². The molecule has 0 fully saturated rings. The van der Waals surface area contributed by atoms with Crippen LogP contribution in [0, 0.1) is 0 Å². The number of rotatable bonds is 7. The molecule has 4 nitrogen and oxygen atoms in total. The van der Waals surface area contributed by atoms with Gasteiger partial charge in [0, 0.05) is 25.2 Å². The van der Waals surface area contributed by atoms with Gasteiger partial charge in [0.1, 0.15) is 5.75 Å². The lowest BCUT2D eigenvalue weighted by Gasteiger charge is -2.08. The van der Waals surface area contributed by atoms with E-state index in [9.17, 15) is 4.79 Å². The molecule has 2 N–H and O–H groups in total. The van der Waals surface area contributed by atoms with Gasteiger partial charge in [-0.25, -0.2) is 0 Å². The fourth-order valence-corrected chi connectivity index (χ4v) is 1.63. The molecule has 0 aliphatic heterocycles. The Morgan fingerprint density at radius 3 is 2.94 bits per heavy atom. The molecule has 1 amide bonds. The van der Waals surface area contributed by atoms with Crippen molar-refractivity contribution in [2.24, 2.45) is 0 Å². The van der Waals surface area contributed by atoms with E-state index in [0.29, 0.717) is 36.0 Å². The number of nitrogens with one attached hydrogen (secondary N) is 2. The fraction of sp³-hybridized carbons (Fsp3) is 0.308. The molecule has 0 aromatic heterocycles. The summed E-state index contributed by atoms with van der Waals surface area (Å²) in [6.07, 6.45) is 2.15. The summed E-state index contributed by atoms with van der Waals surface area (Å²) in [7, 11) is 1.55. The summed E-state index contributed by atoms with van der Waals surface area (Å²) in [5.41, 5.74) is 0.662. The van der Waals surface area contributed by atoms with Crippen molar-refractivity contribution in [1.29, 1.82) is 0 Å². The monoisotopic (exact) mass is 268 g/mol. The van der Waals surface area contributed by atoms with Gasteiger partial charge in [-0.15, -0.1) is 6.58 Å². The first-order chi connectivity index (χ1) is 8.67. The Bertz CT molecular complexity index is 421. The SMILES string of the molecule is C=CCNCCC(=O)Nc1ccc(OC)c(Cl)c1. The third-order valence-corrected chi connectivity index (χ3v) is 2.55. The smallest absolute Gasteiger partial charge is 0.225 e. The minimum atomic E-state index is -0.0622. The molecule has 0 saturated heterocycles. The average molecular weight is 269 g/mol. The third-order valence-electron chi connectivity index (χ3n) is 2.25. The van der Waals surface area contributed by atoms with Crippen LogP contribution in [0.5, 0.6) is 5.75 Å². The van der Waals surface area contributed by atoms with E-state index in [1.54, 1.807) is 31.4 Å². The first-order valence-corrected chi connectivity index (χ1v) is 6.00. The molecule has 0 radical (unpaired) electrons. The number of carbonyl (C=O) groups excluding carboxylic acids is 1. The van der Waals surface area contributed by atoms with Crippen molar-refractivity contribution < 1.29 is 9.53 Å². The number of amides is 1. The van der Waals surface area contributed by atoms with Gasteiger partial charge in [-0.3, -0.25) is 4.79 Å². The van der Waals surface area contributed by atoms with Crippen molar-refractivity contribution in [3.8, 4) is 5.75 Å². The molecule has 0 unspecified atom stereocenters. The van der Waals surface area contributed by atoms with Gasteiger partial charge in [-0.05, 0) is 18.2 Å². The van der Waals surface area contributed by atoms with Gasteiger partial charge < -0.3 is 15.4 Å². The fourth-order valence-electron chi connectivity index (χ4n) is 1.37. The molecule has 0 spiro atoms. The van der Waals surface area contributed by atoms with Crippen LogP contribution in [-0.2, 0) is 4.79 Å². The van der Waals surface area contributed by atoms with E-state index in [2.05, 4.69) is 17.2 Å². The van der Waals surface area contributed by atoms with Crippen LogP contribution in [-0.4, -0.2) is 26.1 Å². The van der Waals surface area contributed by atoms with Gasteiger partial charge in [0.15, 0.2) is 0 Å². The van der Waals surface area contributed by atoms with Crippen LogP contribution >= 0.6 is 11.6 Å². The van der Waals surface area contributed by atoms with Crippen molar-refractivity contribution in [3.63, 3.8) is 0 Å². The van der Waals surface area contributed by atoms with E-state index in [-0.39, 0.29) is 5.91 Å². The summed E-state index contributed by atoms with van der Waals surface area (Å²) < 4.78 is 5.03. The van der Waals surface area contributed by atoms with Crippen LogP contribution in [0.2, 0.25) is 5.02 Å². The second-order valence-electron chi connectivity index (χ2n) is 3.64. The first kappa shape index (κ1) is 14.5. The van der Waals surface area contributed by atoms with Crippen LogP contribution in [0.25, 0.3) is 0 Å². The van der Waals surface area contributed by atoms with Crippen molar-refractivity contribution >= 4 is 23.2 Å². The van der Waals surface area contributed by atoms with Crippen molar-refractivity contribution in [1.82, 2.24) is 5.32 Å². The maximum Gasteiger partial charge on any atom is 0.225 e. The number of methoxy groups -OCH3 is 1. The van der Waals surface area contributed by atoms with E-state index in [1.807, 2.05) is 0 Å². The number of carbonyl (C=O) groups is 1. The Labute approximate surface area is 112 Å². The molecule has 0 heterocycles. The van der Waals surface area contributed by atoms with Gasteiger partial charge in [0.05, 0.1) is 12.1 Å². The highest BCUT2D eigenvalue weighted by atomic mass is 35.5. The van der Waals surface area contributed by atoms with Gasteiger partial charge in [-0.1, -0.05) is 17.7 Å². The van der Waals surface area contributed by atoms with Crippen molar-refractivity contribution in [3.05, 3.63) is 35.9 Å². The molecule has 1 rings (SSSR count). The Balaban J connectivity index is 2.44. The number of hydrogen-bond acceptors (Lipinski definition) is 3. The summed E-state index contributed by atoms with van der Waals surface area (Å²) in [4.78, 5) is 11.6. The third kappa shape index (κ3) is 4.77. The minimum absolute atomic E-state index is 0.0622. The number of anilines is 1. The van der Waals surface area contributed by atoms with Gasteiger partial charge in [-0.2, -0.15) is 0 Å². The summed E-state index contributed by atoms with van der Waals surface area (Å²) in [6, 6.07) is 5.13. The zero-order valence-electron chi connectivity index (χ0n) is 10.3. The topological polar surface area (TPSA) is 50.4 Å². The van der Waals surface area contributed by atoms with Crippen LogP contribution in [0.4, 0.5) is 5.69 Å². The van der Waals surface area contributed by atoms with E-state index in [1.165, 1.54) is 0 Å². The number of ether oxygens (including phenoxy) is 1. The van der Waals surface area contributed by atoms with Gasteiger partial charge in [0.2, 0.25) is 5.91 Å². The van der Waals surface area contributed by atoms with Gasteiger partial charge >= 0.3 is 0 Å². The molecule has 0 aliphatic carbocycles. The largest absolute Gasteiger partial charge is 0.495 e. The highest BCUT2D eigenvalue weighted by molar-refractivity contribution is 6.32. The summed E-state index contributed by atoms with van der Waals surface area (Å²) in [5, 5.41) is 6.29. The Kier molecular flexibility index (Phi) is 6.25. The predicted octanol–water partition coefficient (Wildman–Crippen LogP) is 2.45. The van der Waals surface area contributed by atoms with Crippen LogP contribution in [0.15, 0.2) is 30.9 Å². The molecular formula is C13H17ClN2O2. The highest BCUT2D eigenvalue weighted by Crippen LogP contribution is 2.27. The summed E-state index contributed by atoms with van der Waals surface area (Å²) in [5.74, 6) is 0.523. The number of halogens is 1. The Hall–Kier alpha value is -1.52. The normalized spacial score (nSPS) is 9.89. The lowest BCUT2D eigenvalue weighted by Crippen LogP contribution is -2.21. The molecule has 0 atom stereocenters. The van der Waals surface area contributed by atoms with Crippen molar-refractivity contribution in [2.45, 2.75) is 6.42 Å². The van der Waals surface area contributed by atoms with E-state index < -0.39 is 0 Å². The Morgan fingerprint density at radius 2 is 2.33 bits per heavy atom. The quantitative estimate of drug-likeness (QED) is 0.590. The molecule has 5 heteroatoms. The van der Waals surface area contributed by atoms with Gasteiger partial charge in [0.25, 0.3) is 0 Å².